The van der Waals surface area contributed by atoms with Gasteiger partial charge in [-0.3, -0.25) is 4.98 Å². The first-order valence-corrected chi connectivity index (χ1v) is 6.00. The summed E-state index contributed by atoms with van der Waals surface area (Å²) in [6.45, 7) is 0. The lowest BCUT2D eigenvalue weighted by molar-refractivity contribution is 0.0476. The Bertz CT molecular complexity index is 555. The molecule has 2 aromatic rings. The third-order valence-electron chi connectivity index (χ3n) is 3.57. The molecule has 1 N–H and O–H groups in total. The molecule has 0 saturated carbocycles. The predicted octanol–water partition coefficient (Wildman–Crippen LogP) is 2.08. The Labute approximate surface area is 106 Å². The van der Waals surface area contributed by atoms with Crippen LogP contribution in [0.4, 0.5) is 0 Å². The van der Waals surface area contributed by atoms with Crippen LogP contribution in [0.15, 0.2) is 42.7 Å². The molecule has 1 aliphatic carbocycles. The van der Waals surface area contributed by atoms with Crippen LogP contribution in [-0.2, 0) is 18.4 Å². The van der Waals surface area contributed by atoms with E-state index in [0.717, 1.165) is 5.56 Å². The predicted molar refractivity (Wildman–Crippen MR) is 68.5 cm³/mol. The Balaban J connectivity index is 1.98. The maximum atomic E-state index is 10.8. The van der Waals surface area contributed by atoms with E-state index in [9.17, 15) is 5.11 Å². The van der Waals surface area contributed by atoms with Gasteiger partial charge in [-0.15, -0.1) is 0 Å². The fourth-order valence-electron chi connectivity index (χ4n) is 2.58. The number of benzene rings is 1. The maximum Gasteiger partial charge on any atom is 0.137 e. The van der Waals surface area contributed by atoms with E-state index in [-0.39, 0.29) is 0 Å². The number of pyridine rings is 1. The van der Waals surface area contributed by atoms with Crippen LogP contribution in [-0.4, -0.2) is 17.2 Å². The van der Waals surface area contributed by atoms with E-state index in [1.54, 1.807) is 19.5 Å². The molecule has 1 aromatic carbocycles. The maximum absolute atomic E-state index is 10.8. The number of ether oxygens (including phenoxy) is 1. The highest BCUT2D eigenvalue weighted by Crippen LogP contribution is 2.38. The minimum Gasteiger partial charge on any atom is -0.495 e. The topological polar surface area (TPSA) is 42.4 Å². The van der Waals surface area contributed by atoms with E-state index < -0.39 is 5.60 Å². The SMILES string of the molecule is COc1cncc(C2(O)Cc3ccccc3C2)c1. The molecule has 1 aromatic heterocycles. The van der Waals surface area contributed by atoms with Gasteiger partial charge in [-0.1, -0.05) is 24.3 Å². The number of aliphatic hydroxyl groups is 1. The van der Waals surface area contributed by atoms with Crippen LogP contribution in [0, 0.1) is 0 Å². The van der Waals surface area contributed by atoms with Crippen LogP contribution in [0.2, 0.25) is 0 Å². The summed E-state index contributed by atoms with van der Waals surface area (Å²) in [5.74, 6) is 0.678. The molecule has 0 amide bonds. The third-order valence-corrected chi connectivity index (χ3v) is 3.57. The molecule has 0 unspecified atom stereocenters. The van der Waals surface area contributed by atoms with Crippen molar-refractivity contribution in [3.8, 4) is 5.75 Å². The fourth-order valence-corrected chi connectivity index (χ4v) is 2.58. The zero-order valence-corrected chi connectivity index (χ0v) is 10.3. The molecule has 0 bridgehead atoms. The molecule has 3 nitrogen and oxygen atoms in total. The Hall–Kier alpha value is -1.87. The van der Waals surface area contributed by atoms with Crippen molar-refractivity contribution < 1.29 is 9.84 Å². The van der Waals surface area contributed by atoms with Crippen LogP contribution >= 0.6 is 0 Å². The summed E-state index contributed by atoms with van der Waals surface area (Å²) in [5, 5.41) is 10.8. The quantitative estimate of drug-likeness (QED) is 0.875. The Morgan fingerprint density at radius 3 is 2.44 bits per heavy atom. The molecule has 1 heterocycles. The molecular weight excluding hydrogens is 226 g/mol. The largest absolute Gasteiger partial charge is 0.495 e. The van der Waals surface area contributed by atoms with Gasteiger partial charge >= 0.3 is 0 Å². The van der Waals surface area contributed by atoms with Crippen molar-refractivity contribution in [2.75, 3.05) is 7.11 Å². The molecule has 0 radical (unpaired) electrons. The number of hydrogen-bond acceptors (Lipinski definition) is 3. The van der Waals surface area contributed by atoms with Crippen LogP contribution in [0.3, 0.4) is 0 Å². The van der Waals surface area contributed by atoms with Gasteiger partial charge < -0.3 is 9.84 Å². The molecular formula is C15H15NO2. The van der Waals surface area contributed by atoms with E-state index >= 15 is 0 Å². The molecule has 0 atom stereocenters. The van der Waals surface area contributed by atoms with Gasteiger partial charge in [0.05, 0.1) is 18.9 Å². The smallest absolute Gasteiger partial charge is 0.137 e. The van der Waals surface area contributed by atoms with Crippen molar-refractivity contribution in [1.29, 1.82) is 0 Å². The Morgan fingerprint density at radius 2 is 1.83 bits per heavy atom. The van der Waals surface area contributed by atoms with E-state index in [4.69, 9.17) is 4.74 Å². The molecule has 3 heteroatoms. The van der Waals surface area contributed by atoms with E-state index in [2.05, 4.69) is 17.1 Å². The lowest BCUT2D eigenvalue weighted by Crippen LogP contribution is -2.26. The van der Waals surface area contributed by atoms with Crippen molar-refractivity contribution in [2.45, 2.75) is 18.4 Å². The zero-order chi connectivity index (χ0) is 12.6. The van der Waals surface area contributed by atoms with Gasteiger partial charge in [-0.2, -0.15) is 0 Å². The van der Waals surface area contributed by atoms with Crippen molar-refractivity contribution in [2.24, 2.45) is 0 Å². The Kier molecular flexibility index (Phi) is 2.56. The molecule has 0 spiro atoms. The van der Waals surface area contributed by atoms with Gasteiger partial charge in [-0.05, 0) is 17.2 Å². The van der Waals surface area contributed by atoms with E-state index in [1.807, 2.05) is 18.2 Å². The Morgan fingerprint density at radius 1 is 1.17 bits per heavy atom. The van der Waals surface area contributed by atoms with Crippen molar-refractivity contribution in [3.63, 3.8) is 0 Å². The number of fused-ring (bicyclic) bond motifs is 1. The molecule has 1 aliphatic rings. The molecule has 3 rings (SSSR count). The summed E-state index contributed by atoms with van der Waals surface area (Å²) >= 11 is 0. The number of hydrogen-bond donors (Lipinski definition) is 1. The summed E-state index contributed by atoms with van der Waals surface area (Å²) in [5.41, 5.74) is 2.38. The van der Waals surface area contributed by atoms with E-state index in [1.165, 1.54) is 11.1 Å². The molecule has 0 saturated heterocycles. The minimum atomic E-state index is -0.856. The number of rotatable bonds is 2. The zero-order valence-electron chi connectivity index (χ0n) is 10.3. The van der Waals surface area contributed by atoms with Crippen molar-refractivity contribution in [1.82, 2.24) is 4.98 Å². The van der Waals surface area contributed by atoms with Gasteiger partial charge in [0.25, 0.3) is 0 Å². The summed E-state index contributed by atoms with van der Waals surface area (Å²) in [4.78, 5) is 4.12. The summed E-state index contributed by atoms with van der Waals surface area (Å²) in [7, 11) is 1.61. The fraction of sp³-hybridized carbons (Fsp3) is 0.267. The first-order valence-electron chi connectivity index (χ1n) is 6.00. The first kappa shape index (κ1) is 11.2. The van der Waals surface area contributed by atoms with Gasteiger partial charge in [0.2, 0.25) is 0 Å². The highest BCUT2D eigenvalue weighted by atomic mass is 16.5. The average molecular weight is 241 g/mol. The minimum absolute atomic E-state index is 0.637. The van der Waals surface area contributed by atoms with Crippen LogP contribution in [0.5, 0.6) is 5.75 Å². The van der Waals surface area contributed by atoms with Gasteiger partial charge in [0, 0.05) is 24.6 Å². The highest BCUT2D eigenvalue weighted by molar-refractivity contribution is 5.40. The van der Waals surface area contributed by atoms with Crippen LogP contribution in [0.25, 0.3) is 0 Å². The molecule has 0 aliphatic heterocycles. The van der Waals surface area contributed by atoms with E-state index in [0.29, 0.717) is 18.6 Å². The van der Waals surface area contributed by atoms with Gasteiger partial charge in [-0.25, -0.2) is 0 Å². The number of nitrogens with zero attached hydrogens (tertiary/aromatic N) is 1. The number of aromatic nitrogens is 1. The lowest BCUT2D eigenvalue weighted by Gasteiger charge is -2.22. The van der Waals surface area contributed by atoms with Crippen molar-refractivity contribution in [3.05, 3.63) is 59.4 Å². The molecule has 0 fully saturated rings. The average Bonchev–Trinajstić information content (AvgIpc) is 2.76. The van der Waals surface area contributed by atoms with Crippen LogP contribution < -0.4 is 4.74 Å². The summed E-state index contributed by atoms with van der Waals surface area (Å²) in [6, 6.07) is 10.0. The second-order valence-corrected chi connectivity index (χ2v) is 4.77. The normalized spacial score (nSPS) is 16.3. The molecule has 92 valence electrons. The van der Waals surface area contributed by atoms with Gasteiger partial charge in [0.1, 0.15) is 5.75 Å². The van der Waals surface area contributed by atoms with Crippen molar-refractivity contribution >= 4 is 0 Å². The highest BCUT2D eigenvalue weighted by Gasteiger charge is 2.37. The van der Waals surface area contributed by atoms with Crippen LogP contribution in [0.1, 0.15) is 16.7 Å². The summed E-state index contributed by atoms with van der Waals surface area (Å²) < 4.78 is 5.16. The second kappa shape index (κ2) is 4.10. The third kappa shape index (κ3) is 1.77. The molecule has 18 heavy (non-hydrogen) atoms. The second-order valence-electron chi connectivity index (χ2n) is 4.77. The summed E-state index contributed by atoms with van der Waals surface area (Å²) in [6.07, 6.45) is 4.64. The first-order chi connectivity index (χ1) is 8.71. The van der Waals surface area contributed by atoms with Gasteiger partial charge in [0.15, 0.2) is 0 Å². The monoisotopic (exact) mass is 241 g/mol. The number of methoxy groups -OCH3 is 1. The standard InChI is InChI=1S/C15H15NO2/c1-18-14-6-13(9-16-10-14)15(17)7-11-4-2-3-5-12(11)8-15/h2-6,9-10,17H,7-8H2,1H3. The lowest BCUT2D eigenvalue weighted by atomic mass is 9.92.